The number of carboxylic acid groups (broad SMARTS) is 1. The molecule has 0 radical (unpaired) electrons. The summed E-state index contributed by atoms with van der Waals surface area (Å²) in [5.41, 5.74) is -0.0209. The second-order valence-electron chi connectivity index (χ2n) is 3.59. The first kappa shape index (κ1) is 13.0. The Balaban J connectivity index is 1.97. The smallest absolute Gasteiger partial charge is 0.356 e. The van der Waals surface area contributed by atoms with Gasteiger partial charge in [-0.25, -0.2) is 14.6 Å². The minimum absolute atomic E-state index is 0.165. The number of amides is 2. The number of urea groups is 1. The topological polar surface area (TPSA) is 91.3 Å². The van der Waals surface area contributed by atoms with Crippen LogP contribution in [-0.4, -0.2) is 22.1 Å². The lowest BCUT2D eigenvalue weighted by Crippen LogP contribution is -2.28. The summed E-state index contributed by atoms with van der Waals surface area (Å²) in [6.45, 7) is 0.395. The molecular weight excluding hydrogens is 266 g/mol. The zero-order valence-electron chi connectivity index (χ0n) is 9.79. The molecule has 2 aromatic heterocycles. The van der Waals surface area contributed by atoms with E-state index in [9.17, 15) is 9.59 Å². The molecule has 2 rings (SSSR count). The van der Waals surface area contributed by atoms with Crippen LogP contribution in [0.2, 0.25) is 0 Å². The summed E-state index contributed by atoms with van der Waals surface area (Å²) in [6.07, 6.45) is 1.36. The second-order valence-corrected chi connectivity index (χ2v) is 4.62. The summed E-state index contributed by atoms with van der Waals surface area (Å²) in [5, 5.41) is 15.9. The number of aromatic carboxylic acids is 1. The molecule has 7 heteroatoms. The molecule has 6 nitrogen and oxygen atoms in total. The lowest BCUT2D eigenvalue weighted by molar-refractivity contribution is 0.0692. The molecule has 98 valence electrons. The Bertz CT molecular complexity index is 584. The van der Waals surface area contributed by atoms with E-state index in [2.05, 4.69) is 15.6 Å². The van der Waals surface area contributed by atoms with Crippen LogP contribution in [0.5, 0.6) is 0 Å². The number of hydrogen-bond donors (Lipinski definition) is 3. The van der Waals surface area contributed by atoms with Crippen molar-refractivity contribution in [1.82, 2.24) is 10.3 Å². The Morgan fingerprint density at radius 2 is 2.16 bits per heavy atom. The summed E-state index contributed by atoms with van der Waals surface area (Å²) >= 11 is 1.53. The van der Waals surface area contributed by atoms with Gasteiger partial charge in [-0.2, -0.15) is 0 Å². The highest BCUT2D eigenvalue weighted by Gasteiger charge is 2.12. The molecule has 0 aromatic carbocycles. The fourth-order valence-electron chi connectivity index (χ4n) is 1.42. The van der Waals surface area contributed by atoms with Crippen LogP contribution in [0.3, 0.4) is 0 Å². The number of carbonyl (C=O) groups is 2. The molecule has 3 N–H and O–H groups in total. The number of rotatable bonds is 4. The molecule has 0 saturated carbocycles. The molecule has 2 amide bonds. The Morgan fingerprint density at radius 1 is 1.32 bits per heavy atom. The van der Waals surface area contributed by atoms with Crippen molar-refractivity contribution in [2.24, 2.45) is 0 Å². The van der Waals surface area contributed by atoms with Crippen LogP contribution in [0.1, 0.15) is 15.4 Å². The third-order valence-electron chi connectivity index (χ3n) is 2.26. The molecule has 0 saturated heterocycles. The van der Waals surface area contributed by atoms with E-state index >= 15 is 0 Å². The minimum atomic E-state index is -1.19. The number of nitrogens with zero attached hydrogens (tertiary/aromatic N) is 1. The van der Waals surface area contributed by atoms with Gasteiger partial charge < -0.3 is 15.7 Å². The number of pyridine rings is 1. The maximum absolute atomic E-state index is 11.6. The van der Waals surface area contributed by atoms with Crippen molar-refractivity contribution in [2.75, 3.05) is 5.32 Å². The van der Waals surface area contributed by atoms with Crippen molar-refractivity contribution in [3.8, 4) is 0 Å². The summed E-state index contributed by atoms with van der Waals surface area (Å²) < 4.78 is 0. The number of carbonyl (C=O) groups excluding carboxylic acids is 1. The third kappa shape index (κ3) is 3.52. The number of nitrogens with one attached hydrogen (secondary N) is 2. The Morgan fingerprint density at radius 3 is 2.84 bits per heavy atom. The van der Waals surface area contributed by atoms with Crippen LogP contribution in [0.25, 0.3) is 0 Å². The number of carboxylic acids is 1. The zero-order chi connectivity index (χ0) is 13.7. The zero-order valence-corrected chi connectivity index (χ0v) is 10.6. The van der Waals surface area contributed by atoms with Crippen molar-refractivity contribution < 1.29 is 14.7 Å². The van der Waals surface area contributed by atoms with Crippen LogP contribution < -0.4 is 10.6 Å². The van der Waals surface area contributed by atoms with Crippen LogP contribution in [-0.2, 0) is 6.54 Å². The van der Waals surface area contributed by atoms with Gasteiger partial charge in [0.1, 0.15) is 0 Å². The predicted molar refractivity (Wildman–Crippen MR) is 71.4 cm³/mol. The molecule has 0 aliphatic carbocycles. The van der Waals surface area contributed by atoms with Gasteiger partial charge in [-0.1, -0.05) is 6.07 Å². The van der Waals surface area contributed by atoms with Gasteiger partial charge in [-0.05, 0) is 23.6 Å². The molecule has 0 spiro atoms. The SMILES string of the molecule is O=C(NCc1cccs1)Nc1cccnc1C(=O)O. The summed E-state index contributed by atoms with van der Waals surface area (Å²) in [5.74, 6) is -1.19. The van der Waals surface area contributed by atoms with E-state index in [4.69, 9.17) is 5.11 Å². The summed E-state index contributed by atoms with van der Waals surface area (Å²) in [7, 11) is 0. The van der Waals surface area contributed by atoms with Crippen LogP contribution >= 0.6 is 11.3 Å². The number of aromatic nitrogens is 1. The lowest BCUT2D eigenvalue weighted by Gasteiger charge is -2.08. The first-order valence-corrected chi connectivity index (χ1v) is 6.30. The van der Waals surface area contributed by atoms with E-state index in [-0.39, 0.29) is 11.4 Å². The van der Waals surface area contributed by atoms with Gasteiger partial charge in [-0.3, -0.25) is 0 Å². The second kappa shape index (κ2) is 5.96. The van der Waals surface area contributed by atoms with Crippen molar-refractivity contribution >= 4 is 29.0 Å². The van der Waals surface area contributed by atoms with Gasteiger partial charge >= 0.3 is 12.0 Å². The monoisotopic (exact) mass is 277 g/mol. The van der Waals surface area contributed by atoms with E-state index in [0.29, 0.717) is 6.54 Å². The minimum Gasteiger partial charge on any atom is -0.476 e. The van der Waals surface area contributed by atoms with E-state index in [1.165, 1.54) is 23.6 Å². The van der Waals surface area contributed by atoms with Crippen LogP contribution in [0.4, 0.5) is 10.5 Å². The first-order valence-electron chi connectivity index (χ1n) is 5.42. The molecule has 0 atom stereocenters. The fourth-order valence-corrected chi connectivity index (χ4v) is 2.07. The molecule has 2 aromatic rings. The van der Waals surface area contributed by atoms with Crippen LogP contribution in [0.15, 0.2) is 35.8 Å². The van der Waals surface area contributed by atoms with Crippen LogP contribution in [0, 0.1) is 0 Å². The third-order valence-corrected chi connectivity index (χ3v) is 3.14. The Labute approximate surface area is 113 Å². The maximum Gasteiger partial charge on any atom is 0.356 e. The average molecular weight is 277 g/mol. The summed E-state index contributed by atoms with van der Waals surface area (Å²) in [4.78, 5) is 27.3. The number of anilines is 1. The Hall–Kier alpha value is -2.41. The standard InChI is InChI=1S/C12H11N3O3S/c16-11(17)10-9(4-1-5-13-10)15-12(18)14-7-8-3-2-6-19-8/h1-6H,7H2,(H,16,17)(H2,14,15,18). The number of thiophene rings is 1. The highest BCUT2D eigenvalue weighted by molar-refractivity contribution is 7.09. The molecule has 0 unspecified atom stereocenters. The van der Waals surface area contributed by atoms with E-state index in [1.807, 2.05) is 17.5 Å². The van der Waals surface area contributed by atoms with Crippen molar-refractivity contribution in [3.63, 3.8) is 0 Å². The molecule has 2 heterocycles. The van der Waals surface area contributed by atoms with E-state index < -0.39 is 12.0 Å². The summed E-state index contributed by atoms with van der Waals surface area (Å²) in [6, 6.07) is 6.37. The molecule has 19 heavy (non-hydrogen) atoms. The molecule has 0 fully saturated rings. The number of hydrogen-bond acceptors (Lipinski definition) is 4. The van der Waals surface area contributed by atoms with Gasteiger partial charge in [0.15, 0.2) is 5.69 Å². The van der Waals surface area contributed by atoms with Gasteiger partial charge in [-0.15, -0.1) is 11.3 Å². The quantitative estimate of drug-likeness (QED) is 0.798. The fraction of sp³-hybridized carbons (Fsp3) is 0.0833. The van der Waals surface area contributed by atoms with Crippen molar-refractivity contribution in [3.05, 3.63) is 46.4 Å². The maximum atomic E-state index is 11.6. The highest BCUT2D eigenvalue weighted by Crippen LogP contribution is 2.12. The molecule has 0 aliphatic heterocycles. The lowest BCUT2D eigenvalue weighted by atomic mass is 10.3. The molecular formula is C12H11N3O3S. The van der Waals surface area contributed by atoms with Gasteiger partial charge in [0.05, 0.1) is 12.2 Å². The normalized spacial score (nSPS) is 9.89. The highest BCUT2D eigenvalue weighted by atomic mass is 32.1. The predicted octanol–water partition coefficient (Wildman–Crippen LogP) is 2.16. The Kier molecular flexibility index (Phi) is 4.09. The largest absolute Gasteiger partial charge is 0.476 e. The first-order chi connectivity index (χ1) is 9.16. The van der Waals surface area contributed by atoms with E-state index in [1.54, 1.807) is 6.07 Å². The van der Waals surface area contributed by atoms with Crippen molar-refractivity contribution in [2.45, 2.75) is 6.54 Å². The average Bonchev–Trinajstić information content (AvgIpc) is 2.90. The van der Waals surface area contributed by atoms with Gasteiger partial charge in [0.25, 0.3) is 0 Å². The van der Waals surface area contributed by atoms with E-state index in [0.717, 1.165) is 4.88 Å². The van der Waals surface area contributed by atoms with Gasteiger partial charge in [0.2, 0.25) is 0 Å². The van der Waals surface area contributed by atoms with Crippen molar-refractivity contribution in [1.29, 1.82) is 0 Å². The molecule has 0 bridgehead atoms. The molecule has 0 aliphatic rings. The van der Waals surface area contributed by atoms with Gasteiger partial charge in [0, 0.05) is 11.1 Å².